The summed E-state index contributed by atoms with van der Waals surface area (Å²) in [7, 11) is 0. The smallest absolute Gasteiger partial charge is 0.221 e. The van der Waals surface area contributed by atoms with Crippen molar-refractivity contribution in [2.45, 2.75) is 33.2 Å². The summed E-state index contributed by atoms with van der Waals surface area (Å²) in [4.78, 5) is 11.7. The van der Waals surface area contributed by atoms with Crippen molar-refractivity contribution in [3.8, 4) is 0 Å². The van der Waals surface area contributed by atoms with Gasteiger partial charge in [-0.1, -0.05) is 44.2 Å². The second-order valence-corrected chi connectivity index (χ2v) is 5.05. The van der Waals surface area contributed by atoms with Crippen LogP contribution in [0, 0.1) is 5.92 Å². The molecule has 0 fully saturated rings. The summed E-state index contributed by atoms with van der Waals surface area (Å²) in [5.74, 6) is 0.721. The van der Waals surface area contributed by atoms with Crippen LogP contribution < -0.4 is 10.6 Å². The van der Waals surface area contributed by atoms with Gasteiger partial charge in [0, 0.05) is 13.0 Å². The maximum absolute atomic E-state index is 11.7. The summed E-state index contributed by atoms with van der Waals surface area (Å²) in [6.07, 6.45) is 0.532. The summed E-state index contributed by atoms with van der Waals surface area (Å²) in [6, 6.07) is 10.1. The van der Waals surface area contributed by atoms with E-state index in [1.165, 1.54) is 0 Å². The SMILES string of the molecule is CC(C)CNCCC(=O)NC(C)c1ccccc1. The number of hydrogen-bond donors (Lipinski definition) is 2. The van der Waals surface area contributed by atoms with Crippen molar-refractivity contribution >= 4 is 5.91 Å². The number of nitrogens with one attached hydrogen (secondary N) is 2. The van der Waals surface area contributed by atoms with Crippen LogP contribution >= 0.6 is 0 Å². The Bertz CT molecular complexity index is 349. The van der Waals surface area contributed by atoms with E-state index in [4.69, 9.17) is 0 Å². The van der Waals surface area contributed by atoms with Crippen molar-refractivity contribution in [1.82, 2.24) is 10.6 Å². The quantitative estimate of drug-likeness (QED) is 0.728. The third-order valence-electron chi connectivity index (χ3n) is 2.76. The highest BCUT2D eigenvalue weighted by Crippen LogP contribution is 2.10. The van der Waals surface area contributed by atoms with Crippen LogP contribution in [0.3, 0.4) is 0 Å². The second kappa shape index (κ2) is 7.88. The summed E-state index contributed by atoms with van der Waals surface area (Å²) >= 11 is 0. The Morgan fingerprint density at radius 2 is 1.83 bits per heavy atom. The van der Waals surface area contributed by atoms with Crippen molar-refractivity contribution in [3.05, 3.63) is 35.9 Å². The van der Waals surface area contributed by atoms with Crippen LogP contribution in [0.15, 0.2) is 30.3 Å². The van der Waals surface area contributed by atoms with E-state index < -0.39 is 0 Å². The third-order valence-corrected chi connectivity index (χ3v) is 2.76. The van der Waals surface area contributed by atoms with Gasteiger partial charge in [0.2, 0.25) is 5.91 Å². The zero-order chi connectivity index (χ0) is 13.4. The standard InChI is InChI=1S/C15H24N2O/c1-12(2)11-16-10-9-15(18)17-13(3)14-7-5-4-6-8-14/h4-8,12-13,16H,9-11H2,1-3H3,(H,17,18). The van der Waals surface area contributed by atoms with E-state index >= 15 is 0 Å². The van der Waals surface area contributed by atoms with E-state index in [2.05, 4.69) is 24.5 Å². The lowest BCUT2D eigenvalue weighted by Gasteiger charge is -2.14. The van der Waals surface area contributed by atoms with Crippen molar-refractivity contribution in [3.63, 3.8) is 0 Å². The first kappa shape index (κ1) is 14.7. The first-order valence-electron chi connectivity index (χ1n) is 6.64. The van der Waals surface area contributed by atoms with Gasteiger partial charge >= 0.3 is 0 Å². The lowest BCUT2D eigenvalue weighted by atomic mass is 10.1. The predicted octanol–water partition coefficient (Wildman–Crippen LogP) is 2.50. The van der Waals surface area contributed by atoms with E-state index in [0.29, 0.717) is 12.3 Å². The van der Waals surface area contributed by atoms with E-state index in [0.717, 1.165) is 18.7 Å². The number of benzene rings is 1. The normalized spacial score (nSPS) is 12.4. The van der Waals surface area contributed by atoms with Gasteiger partial charge in [-0.3, -0.25) is 4.79 Å². The maximum atomic E-state index is 11.7. The fraction of sp³-hybridized carbons (Fsp3) is 0.533. The maximum Gasteiger partial charge on any atom is 0.221 e. The van der Waals surface area contributed by atoms with Crippen LogP contribution in [0.25, 0.3) is 0 Å². The average Bonchev–Trinajstić information content (AvgIpc) is 2.35. The Hall–Kier alpha value is -1.35. The van der Waals surface area contributed by atoms with Crippen molar-refractivity contribution in [2.75, 3.05) is 13.1 Å². The number of hydrogen-bond acceptors (Lipinski definition) is 2. The molecule has 3 nitrogen and oxygen atoms in total. The van der Waals surface area contributed by atoms with Gasteiger partial charge in [-0.05, 0) is 24.9 Å². The predicted molar refractivity (Wildman–Crippen MR) is 75.3 cm³/mol. The molecule has 0 radical (unpaired) electrons. The van der Waals surface area contributed by atoms with Gasteiger partial charge in [-0.25, -0.2) is 0 Å². The molecule has 1 aromatic rings. The van der Waals surface area contributed by atoms with Gasteiger partial charge in [0.15, 0.2) is 0 Å². The van der Waals surface area contributed by atoms with E-state index in [1.54, 1.807) is 0 Å². The van der Waals surface area contributed by atoms with Crippen LogP contribution in [0.5, 0.6) is 0 Å². The first-order chi connectivity index (χ1) is 8.59. The molecular weight excluding hydrogens is 224 g/mol. The number of carbonyl (C=O) groups excluding carboxylic acids is 1. The lowest BCUT2D eigenvalue weighted by Crippen LogP contribution is -2.30. The van der Waals surface area contributed by atoms with Crippen molar-refractivity contribution in [1.29, 1.82) is 0 Å². The molecule has 18 heavy (non-hydrogen) atoms. The van der Waals surface area contributed by atoms with Gasteiger partial charge in [0.1, 0.15) is 0 Å². The molecule has 1 unspecified atom stereocenters. The minimum Gasteiger partial charge on any atom is -0.350 e. The summed E-state index contributed by atoms with van der Waals surface area (Å²) in [5, 5.41) is 6.27. The van der Waals surface area contributed by atoms with Crippen LogP contribution in [-0.4, -0.2) is 19.0 Å². The largest absolute Gasteiger partial charge is 0.350 e. The number of rotatable bonds is 7. The monoisotopic (exact) mass is 248 g/mol. The molecule has 0 heterocycles. The minimum absolute atomic E-state index is 0.0730. The summed E-state index contributed by atoms with van der Waals surface area (Å²) < 4.78 is 0. The third kappa shape index (κ3) is 5.82. The molecule has 3 heteroatoms. The Labute approximate surface area is 110 Å². The van der Waals surface area contributed by atoms with Crippen LogP contribution in [0.2, 0.25) is 0 Å². The number of carbonyl (C=O) groups is 1. The van der Waals surface area contributed by atoms with Crippen LogP contribution in [-0.2, 0) is 4.79 Å². The molecule has 1 aromatic carbocycles. The lowest BCUT2D eigenvalue weighted by molar-refractivity contribution is -0.121. The average molecular weight is 248 g/mol. The van der Waals surface area contributed by atoms with Crippen LogP contribution in [0.4, 0.5) is 0 Å². The zero-order valence-corrected chi connectivity index (χ0v) is 11.6. The molecule has 1 rings (SSSR count). The molecule has 0 aliphatic carbocycles. The molecule has 0 spiro atoms. The van der Waals surface area contributed by atoms with Gasteiger partial charge in [0.05, 0.1) is 6.04 Å². The fourth-order valence-electron chi connectivity index (χ4n) is 1.73. The Morgan fingerprint density at radius 3 is 2.44 bits per heavy atom. The molecule has 0 aliphatic rings. The Morgan fingerprint density at radius 1 is 1.17 bits per heavy atom. The second-order valence-electron chi connectivity index (χ2n) is 5.05. The summed E-state index contributed by atoms with van der Waals surface area (Å²) in [5.41, 5.74) is 1.14. The van der Waals surface area contributed by atoms with Crippen molar-refractivity contribution in [2.24, 2.45) is 5.92 Å². The van der Waals surface area contributed by atoms with Crippen molar-refractivity contribution < 1.29 is 4.79 Å². The molecule has 0 saturated heterocycles. The molecule has 0 bridgehead atoms. The van der Waals surface area contributed by atoms with Gasteiger partial charge in [-0.2, -0.15) is 0 Å². The van der Waals surface area contributed by atoms with Gasteiger partial charge in [0.25, 0.3) is 0 Å². The molecule has 0 aliphatic heterocycles. The number of amides is 1. The molecule has 2 N–H and O–H groups in total. The molecule has 1 amide bonds. The molecule has 0 aromatic heterocycles. The highest BCUT2D eigenvalue weighted by Gasteiger charge is 2.08. The first-order valence-corrected chi connectivity index (χ1v) is 6.64. The van der Waals surface area contributed by atoms with E-state index in [9.17, 15) is 4.79 Å². The fourth-order valence-corrected chi connectivity index (χ4v) is 1.73. The summed E-state index contributed by atoms with van der Waals surface area (Å²) in [6.45, 7) is 8.02. The van der Waals surface area contributed by atoms with Gasteiger partial charge in [-0.15, -0.1) is 0 Å². The van der Waals surface area contributed by atoms with E-state index in [-0.39, 0.29) is 11.9 Å². The topological polar surface area (TPSA) is 41.1 Å². The van der Waals surface area contributed by atoms with Crippen LogP contribution in [0.1, 0.15) is 38.8 Å². The minimum atomic E-state index is 0.0730. The highest BCUT2D eigenvalue weighted by atomic mass is 16.1. The Kier molecular flexibility index (Phi) is 6.44. The molecule has 1 atom stereocenters. The molecular formula is C15H24N2O. The zero-order valence-electron chi connectivity index (χ0n) is 11.6. The van der Waals surface area contributed by atoms with Gasteiger partial charge < -0.3 is 10.6 Å². The molecule has 0 saturated carbocycles. The van der Waals surface area contributed by atoms with E-state index in [1.807, 2.05) is 37.3 Å². The highest BCUT2D eigenvalue weighted by molar-refractivity contribution is 5.76. The Balaban J connectivity index is 2.24. The molecule has 100 valence electrons.